The summed E-state index contributed by atoms with van der Waals surface area (Å²) in [6, 6.07) is 12.2. The molecule has 0 bridgehead atoms. The van der Waals surface area contributed by atoms with Crippen LogP contribution in [0.2, 0.25) is 0 Å². The molecule has 0 saturated heterocycles. The molecular weight excluding hydrogens is 334 g/mol. The lowest BCUT2D eigenvalue weighted by Gasteiger charge is -2.16. The molecule has 140 valence electrons. The van der Waals surface area contributed by atoms with Crippen molar-refractivity contribution in [2.45, 2.75) is 6.10 Å². The van der Waals surface area contributed by atoms with Crippen molar-refractivity contribution in [3.8, 4) is 11.5 Å². The minimum Gasteiger partial charge on any atom is -0.497 e. The zero-order chi connectivity index (χ0) is 19.1. The van der Waals surface area contributed by atoms with Crippen LogP contribution < -0.4 is 25.0 Å². The predicted molar refractivity (Wildman–Crippen MR) is 102 cm³/mol. The van der Waals surface area contributed by atoms with Gasteiger partial charge in [0.2, 0.25) is 0 Å². The first kappa shape index (κ1) is 19.4. The minimum absolute atomic E-state index is 0.0915. The number of aliphatic hydroxyl groups is 1. The van der Waals surface area contributed by atoms with Gasteiger partial charge in [-0.15, -0.1) is 0 Å². The van der Waals surface area contributed by atoms with Gasteiger partial charge in [0.1, 0.15) is 11.5 Å². The Balaban J connectivity index is 1.91. The fraction of sp³-hybridized carbons (Fsp3) is 0.316. The van der Waals surface area contributed by atoms with E-state index in [1.165, 1.54) is 14.2 Å². The molecule has 7 heteroatoms. The third-order valence-electron chi connectivity index (χ3n) is 3.86. The van der Waals surface area contributed by atoms with Crippen molar-refractivity contribution in [3.63, 3.8) is 0 Å². The molecule has 0 aliphatic rings. The molecule has 2 aromatic carbocycles. The highest BCUT2D eigenvalue weighted by atomic mass is 16.5. The van der Waals surface area contributed by atoms with E-state index >= 15 is 0 Å². The molecule has 3 N–H and O–H groups in total. The predicted octanol–water partition coefficient (Wildman–Crippen LogP) is 2.62. The highest BCUT2D eigenvalue weighted by Gasteiger charge is 2.11. The summed E-state index contributed by atoms with van der Waals surface area (Å²) in [6.45, 7) is 0.0915. The van der Waals surface area contributed by atoms with Crippen LogP contribution in [0, 0.1) is 0 Å². The summed E-state index contributed by atoms with van der Waals surface area (Å²) in [7, 11) is 6.98. The number of urea groups is 1. The largest absolute Gasteiger partial charge is 0.497 e. The Morgan fingerprint density at radius 2 is 1.65 bits per heavy atom. The minimum atomic E-state index is -0.795. The molecule has 0 aliphatic heterocycles. The van der Waals surface area contributed by atoms with E-state index in [0.717, 1.165) is 11.3 Å². The number of hydrogen-bond donors (Lipinski definition) is 3. The second-order valence-electron chi connectivity index (χ2n) is 5.94. The molecule has 0 spiro atoms. The van der Waals surface area contributed by atoms with E-state index in [4.69, 9.17) is 9.47 Å². The van der Waals surface area contributed by atoms with Crippen molar-refractivity contribution in [3.05, 3.63) is 48.0 Å². The topological polar surface area (TPSA) is 83.1 Å². The van der Waals surface area contributed by atoms with Crippen LogP contribution in [0.5, 0.6) is 11.5 Å². The fourth-order valence-corrected chi connectivity index (χ4v) is 2.36. The lowest BCUT2D eigenvalue weighted by atomic mass is 10.1. The molecule has 2 rings (SSSR count). The Kier molecular flexibility index (Phi) is 6.68. The van der Waals surface area contributed by atoms with Crippen molar-refractivity contribution in [1.82, 2.24) is 5.32 Å². The van der Waals surface area contributed by atoms with Crippen molar-refractivity contribution >= 4 is 17.4 Å². The lowest BCUT2D eigenvalue weighted by molar-refractivity contribution is 0.175. The van der Waals surface area contributed by atoms with Crippen LogP contribution in [0.4, 0.5) is 16.2 Å². The maximum atomic E-state index is 12.1. The highest BCUT2D eigenvalue weighted by Crippen LogP contribution is 2.25. The summed E-state index contributed by atoms with van der Waals surface area (Å²) < 4.78 is 10.3. The Bertz CT molecular complexity index is 710. The van der Waals surface area contributed by atoms with Gasteiger partial charge in [0.25, 0.3) is 0 Å². The maximum Gasteiger partial charge on any atom is 0.319 e. The molecule has 0 heterocycles. The number of aliphatic hydroxyl groups excluding tert-OH is 1. The van der Waals surface area contributed by atoms with E-state index in [9.17, 15) is 9.90 Å². The number of carbonyl (C=O) groups excluding carboxylic acids is 1. The van der Waals surface area contributed by atoms with Crippen molar-refractivity contribution < 1.29 is 19.4 Å². The van der Waals surface area contributed by atoms with Gasteiger partial charge in [0.05, 0.1) is 20.3 Å². The van der Waals surface area contributed by atoms with E-state index in [1.807, 2.05) is 43.3 Å². The molecule has 0 aliphatic carbocycles. The van der Waals surface area contributed by atoms with Gasteiger partial charge in [-0.3, -0.25) is 0 Å². The Labute approximate surface area is 153 Å². The second-order valence-corrected chi connectivity index (χ2v) is 5.94. The Morgan fingerprint density at radius 1 is 1.08 bits per heavy atom. The lowest BCUT2D eigenvalue weighted by Crippen LogP contribution is -2.32. The average molecular weight is 359 g/mol. The van der Waals surface area contributed by atoms with E-state index in [1.54, 1.807) is 18.2 Å². The summed E-state index contributed by atoms with van der Waals surface area (Å²) in [5.41, 5.74) is 2.31. The van der Waals surface area contributed by atoms with Crippen LogP contribution in [-0.4, -0.2) is 46.0 Å². The number of benzene rings is 2. The van der Waals surface area contributed by atoms with Gasteiger partial charge in [-0.25, -0.2) is 4.79 Å². The smallest absolute Gasteiger partial charge is 0.319 e. The summed E-state index contributed by atoms with van der Waals surface area (Å²) in [6.07, 6.45) is -0.795. The summed E-state index contributed by atoms with van der Waals surface area (Å²) in [5, 5.41) is 15.6. The Morgan fingerprint density at radius 3 is 2.15 bits per heavy atom. The van der Waals surface area contributed by atoms with Crippen LogP contribution in [-0.2, 0) is 0 Å². The third kappa shape index (κ3) is 5.29. The molecule has 26 heavy (non-hydrogen) atoms. The van der Waals surface area contributed by atoms with Crippen molar-refractivity contribution in [1.29, 1.82) is 0 Å². The number of anilines is 2. The number of amides is 2. The zero-order valence-corrected chi connectivity index (χ0v) is 15.4. The first-order valence-electron chi connectivity index (χ1n) is 8.16. The second kappa shape index (κ2) is 8.96. The van der Waals surface area contributed by atoms with E-state index < -0.39 is 12.1 Å². The van der Waals surface area contributed by atoms with Crippen LogP contribution >= 0.6 is 0 Å². The number of rotatable bonds is 7. The number of nitrogens with one attached hydrogen (secondary N) is 2. The molecule has 2 amide bonds. The van der Waals surface area contributed by atoms with Crippen LogP contribution in [0.15, 0.2) is 42.5 Å². The van der Waals surface area contributed by atoms with Crippen molar-refractivity contribution in [2.75, 3.05) is 45.1 Å². The summed E-state index contributed by atoms with van der Waals surface area (Å²) >= 11 is 0. The standard InChI is InChI=1S/C19H25N3O4/c1-22(2)15-7-5-13(6-8-15)18(23)12-20-19(24)21-14-9-16(25-3)11-17(10-14)26-4/h5-11,18,23H,12H2,1-4H3,(H2,20,21,24). The Hall–Kier alpha value is -2.93. The average Bonchev–Trinajstić information content (AvgIpc) is 2.65. The third-order valence-corrected chi connectivity index (χ3v) is 3.86. The van der Waals surface area contributed by atoms with Gasteiger partial charge >= 0.3 is 6.03 Å². The van der Waals surface area contributed by atoms with Gasteiger partial charge in [0, 0.05) is 50.2 Å². The number of hydrogen-bond acceptors (Lipinski definition) is 5. The molecule has 1 atom stereocenters. The zero-order valence-electron chi connectivity index (χ0n) is 15.4. The van der Waals surface area contributed by atoms with Gasteiger partial charge < -0.3 is 30.1 Å². The molecule has 0 aromatic heterocycles. The van der Waals surface area contributed by atoms with Crippen LogP contribution in [0.1, 0.15) is 11.7 Å². The monoisotopic (exact) mass is 359 g/mol. The number of carbonyl (C=O) groups is 1. The number of ether oxygens (including phenoxy) is 2. The van der Waals surface area contributed by atoms with Gasteiger partial charge in [0.15, 0.2) is 0 Å². The molecule has 0 fully saturated rings. The number of nitrogens with zero attached hydrogens (tertiary/aromatic N) is 1. The summed E-state index contributed by atoms with van der Waals surface area (Å²) in [4.78, 5) is 14.0. The highest BCUT2D eigenvalue weighted by molar-refractivity contribution is 5.89. The van der Waals surface area contributed by atoms with Crippen molar-refractivity contribution in [2.24, 2.45) is 0 Å². The number of methoxy groups -OCH3 is 2. The molecule has 1 unspecified atom stereocenters. The summed E-state index contributed by atoms with van der Waals surface area (Å²) in [5.74, 6) is 1.14. The van der Waals surface area contributed by atoms with E-state index in [2.05, 4.69) is 10.6 Å². The quantitative estimate of drug-likeness (QED) is 0.708. The fourth-order valence-electron chi connectivity index (χ4n) is 2.36. The van der Waals surface area contributed by atoms with Gasteiger partial charge in [-0.05, 0) is 17.7 Å². The first-order chi connectivity index (χ1) is 12.4. The molecule has 0 radical (unpaired) electrons. The van der Waals surface area contributed by atoms with Crippen LogP contribution in [0.3, 0.4) is 0 Å². The van der Waals surface area contributed by atoms with Gasteiger partial charge in [-0.2, -0.15) is 0 Å². The first-order valence-corrected chi connectivity index (χ1v) is 8.16. The van der Waals surface area contributed by atoms with Gasteiger partial charge in [-0.1, -0.05) is 12.1 Å². The molecule has 7 nitrogen and oxygen atoms in total. The van der Waals surface area contributed by atoms with E-state index in [-0.39, 0.29) is 6.54 Å². The molecular formula is C19H25N3O4. The maximum absolute atomic E-state index is 12.1. The SMILES string of the molecule is COc1cc(NC(=O)NCC(O)c2ccc(N(C)C)cc2)cc(OC)c1. The molecule has 2 aromatic rings. The van der Waals surface area contributed by atoms with Crippen LogP contribution in [0.25, 0.3) is 0 Å². The normalized spacial score (nSPS) is 11.4. The van der Waals surface area contributed by atoms with E-state index in [0.29, 0.717) is 17.2 Å². The molecule has 0 saturated carbocycles.